The van der Waals surface area contributed by atoms with Gasteiger partial charge < -0.3 is 10.2 Å². The number of carbonyl (C=O) groups is 1. The summed E-state index contributed by atoms with van der Waals surface area (Å²) in [6.07, 6.45) is 1.77. The second kappa shape index (κ2) is 7.69. The number of nitriles is 1. The molecule has 144 valence electrons. The van der Waals surface area contributed by atoms with Crippen molar-refractivity contribution in [2.24, 2.45) is 5.41 Å². The molecule has 0 aliphatic rings. The van der Waals surface area contributed by atoms with Gasteiger partial charge in [-0.3, -0.25) is 4.79 Å². The van der Waals surface area contributed by atoms with Crippen molar-refractivity contribution in [3.8, 4) is 17.3 Å². The molecule has 1 N–H and O–H groups in total. The Bertz CT molecular complexity index is 1020. The Morgan fingerprint density at radius 1 is 1.21 bits per heavy atom. The SMILES string of the molecule is CN(CCNc1ccc2ncc(-c3ccc(C#N)cc3)n2n1)C(=O)C(C)(C)C. The molecule has 0 spiro atoms. The van der Waals surface area contributed by atoms with E-state index in [2.05, 4.69) is 21.5 Å². The van der Waals surface area contributed by atoms with Gasteiger partial charge in [-0.25, -0.2) is 9.50 Å². The molecular formula is C21H24N6O. The summed E-state index contributed by atoms with van der Waals surface area (Å²) < 4.78 is 1.77. The van der Waals surface area contributed by atoms with E-state index in [1.807, 2.05) is 52.1 Å². The summed E-state index contributed by atoms with van der Waals surface area (Å²) in [5.74, 6) is 0.812. The van der Waals surface area contributed by atoms with E-state index in [1.165, 1.54) is 0 Å². The Labute approximate surface area is 164 Å². The zero-order valence-corrected chi connectivity index (χ0v) is 16.6. The van der Waals surface area contributed by atoms with E-state index in [1.54, 1.807) is 27.7 Å². The predicted molar refractivity (Wildman–Crippen MR) is 109 cm³/mol. The highest BCUT2D eigenvalue weighted by Gasteiger charge is 2.24. The van der Waals surface area contributed by atoms with E-state index in [0.29, 0.717) is 24.5 Å². The van der Waals surface area contributed by atoms with Crippen LogP contribution >= 0.6 is 0 Å². The summed E-state index contributed by atoms with van der Waals surface area (Å²) in [5.41, 5.74) is 2.75. The van der Waals surface area contributed by atoms with E-state index in [0.717, 1.165) is 16.9 Å². The van der Waals surface area contributed by atoms with Crippen molar-refractivity contribution < 1.29 is 4.79 Å². The van der Waals surface area contributed by atoms with Gasteiger partial charge in [-0.15, -0.1) is 5.10 Å². The Morgan fingerprint density at radius 2 is 1.93 bits per heavy atom. The van der Waals surface area contributed by atoms with E-state index >= 15 is 0 Å². The Morgan fingerprint density at radius 3 is 2.57 bits per heavy atom. The monoisotopic (exact) mass is 376 g/mol. The number of imidazole rings is 1. The lowest BCUT2D eigenvalue weighted by molar-refractivity contribution is -0.137. The number of aromatic nitrogens is 3. The van der Waals surface area contributed by atoms with Gasteiger partial charge in [-0.1, -0.05) is 32.9 Å². The van der Waals surface area contributed by atoms with Gasteiger partial charge >= 0.3 is 0 Å². The van der Waals surface area contributed by atoms with Crippen LogP contribution in [0.3, 0.4) is 0 Å². The lowest BCUT2D eigenvalue weighted by Crippen LogP contribution is -2.39. The molecule has 0 saturated carbocycles. The fraction of sp³-hybridized carbons (Fsp3) is 0.333. The summed E-state index contributed by atoms with van der Waals surface area (Å²) in [4.78, 5) is 18.4. The average Bonchev–Trinajstić information content (AvgIpc) is 3.10. The van der Waals surface area contributed by atoms with Crippen LogP contribution in [0.5, 0.6) is 0 Å². The summed E-state index contributed by atoms with van der Waals surface area (Å²) >= 11 is 0. The number of hydrogen-bond acceptors (Lipinski definition) is 5. The van der Waals surface area contributed by atoms with Gasteiger partial charge in [0, 0.05) is 31.1 Å². The minimum atomic E-state index is -0.390. The smallest absolute Gasteiger partial charge is 0.227 e. The molecule has 0 saturated heterocycles. The molecule has 3 aromatic rings. The minimum absolute atomic E-state index is 0.107. The molecule has 0 aliphatic carbocycles. The first-order valence-electron chi connectivity index (χ1n) is 9.14. The van der Waals surface area contributed by atoms with Gasteiger partial charge in [0.15, 0.2) is 5.65 Å². The van der Waals surface area contributed by atoms with Crippen LogP contribution in [-0.2, 0) is 4.79 Å². The number of anilines is 1. The largest absolute Gasteiger partial charge is 0.367 e. The molecular weight excluding hydrogens is 352 g/mol. The molecule has 3 rings (SSSR count). The molecule has 28 heavy (non-hydrogen) atoms. The van der Waals surface area contributed by atoms with Crippen LogP contribution < -0.4 is 5.32 Å². The molecule has 0 bridgehead atoms. The Hall–Kier alpha value is -3.40. The standard InChI is InChI=1S/C21H24N6O/c1-21(2,3)20(28)26(4)12-11-23-18-9-10-19-24-14-17(27(19)25-18)16-7-5-15(13-22)6-8-16/h5-10,14H,11-12H2,1-4H3,(H,23,25). The number of benzene rings is 1. The lowest BCUT2D eigenvalue weighted by Gasteiger charge is -2.26. The minimum Gasteiger partial charge on any atom is -0.367 e. The maximum Gasteiger partial charge on any atom is 0.227 e. The fourth-order valence-corrected chi connectivity index (χ4v) is 2.91. The second-order valence-corrected chi connectivity index (χ2v) is 7.72. The fourth-order valence-electron chi connectivity index (χ4n) is 2.91. The first-order chi connectivity index (χ1) is 13.3. The molecule has 7 nitrogen and oxygen atoms in total. The van der Waals surface area contributed by atoms with E-state index in [-0.39, 0.29) is 5.91 Å². The molecule has 0 unspecified atom stereocenters. The first-order valence-corrected chi connectivity index (χ1v) is 9.14. The highest BCUT2D eigenvalue weighted by atomic mass is 16.2. The zero-order chi connectivity index (χ0) is 20.3. The number of nitrogens with zero attached hydrogens (tertiary/aromatic N) is 5. The number of hydrogen-bond donors (Lipinski definition) is 1. The Balaban J connectivity index is 1.73. The molecule has 0 fully saturated rings. The third-order valence-electron chi connectivity index (χ3n) is 4.41. The van der Waals surface area contributed by atoms with Crippen LogP contribution in [0.4, 0.5) is 5.82 Å². The summed E-state index contributed by atoms with van der Waals surface area (Å²) in [6, 6.07) is 13.2. The van der Waals surface area contributed by atoms with Gasteiger partial charge in [-0.05, 0) is 24.3 Å². The third kappa shape index (κ3) is 4.12. The lowest BCUT2D eigenvalue weighted by atomic mass is 9.95. The number of amides is 1. The zero-order valence-electron chi connectivity index (χ0n) is 16.6. The predicted octanol–water partition coefficient (Wildman–Crippen LogP) is 3.18. The quantitative estimate of drug-likeness (QED) is 0.739. The van der Waals surface area contributed by atoms with Crippen molar-refractivity contribution >= 4 is 17.4 Å². The average molecular weight is 376 g/mol. The number of fused-ring (bicyclic) bond motifs is 1. The molecule has 1 aromatic carbocycles. The molecule has 0 radical (unpaired) electrons. The van der Waals surface area contributed by atoms with E-state index in [4.69, 9.17) is 5.26 Å². The van der Waals surface area contributed by atoms with Gasteiger partial charge in [-0.2, -0.15) is 5.26 Å². The van der Waals surface area contributed by atoms with Gasteiger partial charge in [0.25, 0.3) is 0 Å². The van der Waals surface area contributed by atoms with Crippen LogP contribution in [0.1, 0.15) is 26.3 Å². The van der Waals surface area contributed by atoms with Crippen LogP contribution in [0, 0.1) is 16.7 Å². The maximum absolute atomic E-state index is 12.2. The topological polar surface area (TPSA) is 86.3 Å². The molecule has 1 amide bonds. The normalized spacial score (nSPS) is 11.2. The van der Waals surface area contributed by atoms with Crippen LogP contribution in [-0.4, -0.2) is 45.5 Å². The number of carbonyl (C=O) groups excluding carboxylic acids is 1. The molecule has 0 aliphatic heterocycles. The first kappa shape index (κ1) is 19.4. The molecule has 2 heterocycles. The number of rotatable bonds is 5. The number of likely N-dealkylation sites (N-methyl/N-ethyl adjacent to an activating group) is 1. The van der Waals surface area contributed by atoms with Crippen molar-refractivity contribution in [3.63, 3.8) is 0 Å². The summed E-state index contributed by atoms with van der Waals surface area (Å²) in [5, 5.41) is 16.8. The molecule has 0 atom stereocenters. The van der Waals surface area contributed by atoms with E-state index in [9.17, 15) is 4.79 Å². The van der Waals surface area contributed by atoms with Crippen molar-refractivity contribution in [2.75, 3.05) is 25.5 Å². The van der Waals surface area contributed by atoms with E-state index < -0.39 is 5.41 Å². The highest BCUT2D eigenvalue weighted by Crippen LogP contribution is 2.21. The molecule has 7 heteroatoms. The summed E-state index contributed by atoms with van der Waals surface area (Å²) in [6.45, 7) is 6.93. The number of nitrogens with one attached hydrogen (secondary N) is 1. The maximum atomic E-state index is 12.2. The highest BCUT2D eigenvalue weighted by molar-refractivity contribution is 5.81. The van der Waals surface area contributed by atoms with Crippen LogP contribution in [0.25, 0.3) is 16.9 Å². The molecule has 2 aromatic heterocycles. The van der Waals surface area contributed by atoms with Crippen molar-refractivity contribution in [1.29, 1.82) is 5.26 Å². The van der Waals surface area contributed by atoms with Crippen molar-refractivity contribution in [1.82, 2.24) is 19.5 Å². The van der Waals surface area contributed by atoms with Crippen molar-refractivity contribution in [3.05, 3.63) is 48.2 Å². The second-order valence-electron chi connectivity index (χ2n) is 7.72. The van der Waals surface area contributed by atoms with Crippen LogP contribution in [0.2, 0.25) is 0 Å². The van der Waals surface area contributed by atoms with Gasteiger partial charge in [0.1, 0.15) is 5.82 Å². The Kier molecular flexibility index (Phi) is 5.32. The summed E-state index contributed by atoms with van der Waals surface area (Å²) in [7, 11) is 1.81. The third-order valence-corrected chi connectivity index (χ3v) is 4.41. The van der Waals surface area contributed by atoms with Gasteiger partial charge in [0.2, 0.25) is 5.91 Å². The van der Waals surface area contributed by atoms with Gasteiger partial charge in [0.05, 0.1) is 23.5 Å². The van der Waals surface area contributed by atoms with Crippen LogP contribution in [0.15, 0.2) is 42.6 Å². The van der Waals surface area contributed by atoms with Crippen molar-refractivity contribution in [2.45, 2.75) is 20.8 Å².